The number of halogens is 1. The molecule has 2 saturated heterocycles. The van der Waals surface area contributed by atoms with E-state index < -0.39 is 0 Å². The Morgan fingerprint density at radius 1 is 1.17 bits per heavy atom. The Balaban J connectivity index is 1.49. The molecule has 0 saturated carbocycles. The maximum absolute atomic E-state index is 14.0. The molecule has 1 aromatic carbocycles. The van der Waals surface area contributed by atoms with Gasteiger partial charge in [-0.2, -0.15) is 5.10 Å². The Kier molecular flexibility index (Phi) is 4.47. The van der Waals surface area contributed by atoms with Crippen molar-refractivity contribution in [1.29, 1.82) is 0 Å². The van der Waals surface area contributed by atoms with Crippen molar-refractivity contribution in [3.63, 3.8) is 0 Å². The second-order valence-corrected chi connectivity index (χ2v) is 8.02. The molecule has 2 aliphatic rings. The van der Waals surface area contributed by atoms with Crippen LogP contribution in [0.3, 0.4) is 0 Å². The number of likely N-dealkylation sites (tertiary alicyclic amines) is 2. The minimum Gasteiger partial charge on any atom is -0.369 e. The van der Waals surface area contributed by atoms with Crippen LogP contribution in [0.4, 0.5) is 4.39 Å². The third-order valence-corrected chi connectivity index (χ3v) is 6.10. The fraction of sp³-hybridized carbons (Fsp3) is 0.333. The molecule has 2 N–H and O–H groups in total. The number of primary amides is 1. The van der Waals surface area contributed by atoms with Crippen LogP contribution in [0.15, 0.2) is 48.9 Å². The van der Waals surface area contributed by atoms with Crippen molar-refractivity contribution in [1.82, 2.24) is 24.4 Å². The second kappa shape index (κ2) is 7.17. The van der Waals surface area contributed by atoms with Crippen molar-refractivity contribution in [2.24, 2.45) is 17.6 Å². The molecule has 2 aromatic heterocycles. The van der Waals surface area contributed by atoms with Gasteiger partial charge >= 0.3 is 0 Å². The van der Waals surface area contributed by atoms with E-state index in [0.717, 1.165) is 5.56 Å². The molecule has 0 unspecified atom stereocenters. The van der Waals surface area contributed by atoms with Gasteiger partial charge in [0, 0.05) is 37.3 Å². The molecule has 154 valence electrons. The van der Waals surface area contributed by atoms with Gasteiger partial charge < -0.3 is 10.6 Å². The van der Waals surface area contributed by atoms with E-state index in [1.54, 1.807) is 28.9 Å². The van der Waals surface area contributed by atoms with Gasteiger partial charge in [-0.1, -0.05) is 12.1 Å². The number of nitrogens with two attached hydrogens (primary N) is 1. The predicted molar refractivity (Wildman–Crippen MR) is 106 cm³/mol. The van der Waals surface area contributed by atoms with Crippen molar-refractivity contribution < 1.29 is 14.0 Å². The number of aromatic nitrogens is 3. The Bertz CT molecular complexity index is 1130. The number of pyridine rings is 1. The van der Waals surface area contributed by atoms with Crippen LogP contribution in [0, 0.1) is 17.7 Å². The van der Waals surface area contributed by atoms with Crippen LogP contribution < -0.4 is 5.73 Å². The van der Waals surface area contributed by atoms with Gasteiger partial charge in [-0.25, -0.2) is 13.9 Å². The monoisotopic (exact) mass is 408 g/mol. The molecule has 8 nitrogen and oxygen atoms in total. The van der Waals surface area contributed by atoms with E-state index in [4.69, 9.17) is 5.73 Å². The fourth-order valence-electron chi connectivity index (χ4n) is 4.93. The lowest BCUT2D eigenvalue weighted by molar-refractivity contribution is -0.119. The van der Waals surface area contributed by atoms with Crippen molar-refractivity contribution in [2.75, 3.05) is 26.2 Å². The Morgan fingerprint density at radius 3 is 2.83 bits per heavy atom. The summed E-state index contributed by atoms with van der Waals surface area (Å²) < 4.78 is 15.6. The number of hydrogen-bond donors (Lipinski definition) is 1. The Labute approximate surface area is 172 Å². The zero-order chi connectivity index (χ0) is 20.8. The van der Waals surface area contributed by atoms with E-state index in [0.29, 0.717) is 30.8 Å². The van der Waals surface area contributed by atoms with Gasteiger partial charge in [0.2, 0.25) is 5.91 Å². The molecule has 0 bridgehead atoms. The normalized spacial score (nSPS) is 23.8. The first-order valence-electron chi connectivity index (χ1n) is 9.86. The molecule has 4 heterocycles. The van der Waals surface area contributed by atoms with Gasteiger partial charge in [-0.05, 0) is 35.7 Å². The van der Waals surface area contributed by atoms with E-state index in [9.17, 15) is 14.0 Å². The summed E-state index contributed by atoms with van der Waals surface area (Å²) in [5.74, 6) is -0.525. The number of carbonyl (C=O) groups excluding carboxylic acids is 2. The molecule has 9 heteroatoms. The van der Waals surface area contributed by atoms with E-state index in [1.165, 1.54) is 18.5 Å². The summed E-state index contributed by atoms with van der Waals surface area (Å²) in [6, 6.07) is 9.57. The van der Waals surface area contributed by atoms with Gasteiger partial charge in [-0.3, -0.25) is 14.5 Å². The van der Waals surface area contributed by atoms with E-state index >= 15 is 0 Å². The van der Waals surface area contributed by atoms with E-state index in [2.05, 4.69) is 10.1 Å². The molecule has 0 aliphatic carbocycles. The Hall–Kier alpha value is -3.33. The summed E-state index contributed by atoms with van der Waals surface area (Å²) in [6.45, 7) is 2.06. The maximum atomic E-state index is 14.0. The van der Waals surface area contributed by atoms with Crippen molar-refractivity contribution >= 4 is 17.5 Å². The maximum Gasteiger partial charge on any atom is 0.254 e. The lowest BCUT2D eigenvalue weighted by atomic mass is 9.89. The molecular weight excluding hydrogens is 387 g/mol. The van der Waals surface area contributed by atoms with Gasteiger partial charge in [0.15, 0.2) is 5.65 Å². The Morgan fingerprint density at radius 2 is 2.03 bits per heavy atom. The van der Waals surface area contributed by atoms with Crippen LogP contribution >= 0.6 is 0 Å². The quantitative estimate of drug-likeness (QED) is 0.697. The first kappa shape index (κ1) is 18.7. The van der Waals surface area contributed by atoms with Gasteiger partial charge in [-0.15, -0.1) is 0 Å². The summed E-state index contributed by atoms with van der Waals surface area (Å²) in [5.41, 5.74) is 7.24. The minimum atomic E-state index is -0.369. The first-order valence-corrected chi connectivity index (χ1v) is 9.86. The summed E-state index contributed by atoms with van der Waals surface area (Å²) >= 11 is 0. The third kappa shape index (κ3) is 3.21. The minimum absolute atomic E-state index is 0.104. The van der Waals surface area contributed by atoms with E-state index in [-0.39, 0.29) is 42.1 Å². The summed E-state index contributed by atoms with van der Waals surface area (Å²) in [7, 11) is 0. The number of benzene rings is 1. The van der Waals surface area contributed by atoms with Crippen LogP contribution in [-0.2, 0) is 4.79 Å². The van der Waals surface area contributed by atoms with Crippen molar-refractivity contribution in [2.45, 2.75) is 6.04 Å². The molecule has 2 aliphatic heterocycles. The third-order valence-electron chi connectivity index (χ3n) is 6.10. The predicted octanol–water partition coefficient (Wildman–Crippen LogP) is 1.10. The number of carbonyl (C=O) groups is 2. The highest BCUT2D eigenvalue weighted by Crippen LogP contribution is 2.45. The lowest BCUT2D eigenvalue weighted by Crippen LogP contribution is -2.38. The standard InChI is InChI=1S/C21H21FN6O2/c22-16-3-1-2-13(6-16)20-17-10-26(11-18(23)29)8-15(17)9-27(20)21(30)14-4-5-28-19(7-14)24-12-25-28/h1-7,12,15,17,20H,8-11H2,(H2,23,29)/t15-,17-,20+/m0/s1. The van der Waals surface area contributed by atoms with Crippen LogP contribution in [0.25, 0.3) is 5.65 Å². The number of hydrogen-bond acceptors (Lipinski definition) is 5. The van der Waals surface area contributed by atoms with Crippen molar-refractivity contribution in [3.05, 3.63) is 65.9 Å². The van der Waals surface area contributed by atoms with Gasteiger partial charge in [0.05, 0.1) is 12.6 Å². The molecule has 2 amide bonds. The second-order valence-electron chi connectivity index (χ2n) is 8.02. The molecule has 0 spiro atoms. The first-order chi connectivity index (χ1) is 14.5. The van der Waals surface area contributed by atoms with Gasteiger partial charge in [0.25, 0.3) is 5.91 Å². The average Bonchev–Trinajstić information content (AvgIpc) is 3.40. The summed E-state index contributed by atoms with van der Waals surface area (Å²) in [5, 5.41) is 4.06. The van der Waals surface area contributed by atoms with Crippen LogP contribution in [-0.4, -0.2) is 62.4 Å². The highest BCUT2D eigenvalue weighted by Gasteiger charge is 2.49. The summed E-state index contributed by atoms with van der Waals surface area (Å²) in [6.07, 6.45) is 3.14. The average molecular weight is 408 g/mol. The SMILES string of the molecule is NC(=O)CN1C[C@H]2CN(C(=O)c3ccn4ncnc4c3)[C@H](c3cccc(F)c3)[C@H]2C1. The summed E-state index contributed by atoms with van der Waals surface area (Å²) in [4.78, 5) is 32.8. The van der Waals surface area contributed by atoms with E-state index in [1.807, 2.05) is 15.9 Å². The molecule has 3 atom stereocenters. The van der Waals surface area contributed by atoms with Crippen LogP contribution in [0.1, 0.15) is 22.0 Å². The molecule has 30 heavy (non-hydrogen) atoms. The fourth-order valence-corrected chi connectivity index (χ4v) is 4.93. The molecular formula is C21H21FN6O2. The molecule has 5 rings (SSSR count). The highest BCUT2D eigenvalue weighted by atomic mass is 19.1. The topological polar surface area (TPSA) is 96.8 Å². The van der Waals surface area contributed by atoms with Crippen LogP contribution in [0.5, 0.6) is 0 Å². The smallest absolute Gasteiger partial charge is 0.254 e. The number of fused-ring (bicyclic) bond motifs is 2. The largest absolute Gasteiger partial charge is 0.369 e. The number of nitrogens with zero attached hydrogens (tertiary/aromatic N) is 5. The van der Waals surface area contributed by atoms with Crippen molar-refractivity contribution in [3.8, 4) is 0 Å². The molecule has 2 fully saturated rings. The highest BCUT2D eigenvalue weighted by molar-refractivity contribution is 5.95. The zero-order valence-corrected chi connectivity index (χ0v) is 16.2. The molecule has 3 aromatic rings. The van der Waals surface area contributed by atoms with Gasteiger partial charge in [0.1, 0.15) is 12.1 Å². The number of rotatable bonds is 4. The zero-order valence-electron chi connectivity index (χ0n) is 16.2. The molecule has 0 radical (unpaired) electrons. The number of amides is 2. The lowest BCUT2D eigenvalue weighted by Gasteiger charge is -2.30. The van der Waals surface area contributed by atoms with Crippen LogP contribution in [0.2, 0.25) is 0 Å².